The first-order chi connectivity index (χ1) is 17.7. The molecule has 3 heterocycles. The van der Waals surface area contributed by atoms with Crippen molar-refractivity contribution in [2.45, 2.75) is 32.2 Å². The van der Waals surface area contributed by atoms with E-state index in [9.17, 15) is 13.2 Å². The summed E-state index contributed by atoms with van der Waals surface area (Å²) in [6.07, 6.45) is 5.55. The summed E-state index contributed by atoms with van der Waals surface area (Å²) in [5, 5.41) is 5.44. The van der Waals surface area contributed by atoms with Crippen LogP contribution in [-0.4, -0.2) is 52.3 Å². The molecule has 1 saturated heterocycles. The van der Waals surface area contributed by atoms with E-state index in [1.54, 1.807) is 15.1 Å². The van der Waals surface area contributed by atoms with Gasteiger partial charge in [-0.3, -0.25) is 4.79 Å². The van der Waals surface area contributed by atoms with Crippen LogP contribution in [0.25, 0.3) is 16.6 Å². The molecular formula is C28H31N5O3S. The van der Waals surface area contributed by atoms with Crippen molar-refractivity contribution in [2.24, 2.45) is 17.6 Å². The van der Waals surface area contributed by atoms with Crippen LogP contribution in [0.3, 0.4) is 0 Å². The number of carbonyl (C=O) groups is 1. The molecule has 37 heavy (non-hydrogen) atoms. The number of aryl methyl sites for hydroxylation is 1. The van der Waals surface area contributed by atoms with Crippen LogP contribution < -0.4 is 5.73 Å². The molecule has 1 aliphatic carbocycles. The number of carbonyl (C=O) groups excluding carboxylic acids is 1. The Balaban J connectivity index is 1.15. The first-order valence-corrected chi connectivity index (χ1v) is 14.5. The van der Waals surface area contributed by atoms with Gasteiger partial charge in [-0.05, 0) is 79.0 Å². The number of amides is 1. The average Bonchev–Trinajstić information content (AvgIpc) is 3.61. The fourth-order valence-corrected chi connectivity index (χ4v) is 7.13. The first-order valence-electron chi connectivity index (χ1n) is 12.7. The maximum Gasteiger partial charge on any atom is 0.269 e. The van der Waals surface area contributed by atoms with Gasteiger partial charge >= 0.3 is 0 Å². The number of fused-ring (bicyclic) bond motifs is 2. The summed E-state index contributed by atoms with van der Waals surface area (Å²) < 4.78 is 29.4. The summed E-state index contributed by atoms with van der Waals surface area (Å²) >= 11 is 0. The van der Waals surface area contributed by atoms with E-state index in [4.69, 9.17) is 5.73 Å². The number of rotatable bonds is 6. The van der Waals surface area contributed by atoms with Crippen LogP contribution in [0, 0.1) is 18.8 Å². The van der Waals surface area contributed by atoms with Gasteiger partial charge < -0.3 is 10.3 Å². The van der Waals surface area contributed by atoms with Crippen LogP contribution in [0.2, 0.25) is 0 Å². The highest BCUT2D eigenvalue weighted by Crippen LogP contribution is 2.46. The van der Waals surface area contributed by atoms with Crippen LogP contribution >= 0.6 is 0 Å². The zero-order valence-electron chi connectivity index (χ0n) is 21.0. The second kappa shape index (κ2) is 8.85. The minimum atomic E-state index is -3.08. The van der Waals surface area contributed by atoms with Crippen molar-refractivity contribution in [3.05, 3.63) is 83.3 Å². The molecular weight excluding hydrogens is 486 g/mol. The Morgan fingerprint density at radius 2 is 1.73 bits per heavy atom. The Hall–Kier alpha value is -3.43. The molecule has 8 nitrogen and oxygen atoms in total. The smallest absolute Gasteiger partial charge is 0.269 e. The average molecular weight is 518 g/mol. The molecule has 0 radical (unpaired) electrons. The molecule has 192 valence electrons. The minimum Gasteiger partial charge on any atom is -0.364 e. The van der Waals surface area contributed by atoms with E-state index in [-0.39, 0.29) is 5.69 Å². The van der Waals surface area contributed by atoms with Crippen molar-refractivity contribution in [2.75, 3.05) is 19.3 Å². The van der Waals surface area contributed by atoms with Gasteiger partial charge in [-0.25, -0.2) is 17.4 Å². The van der Waals surface area contributed by atoms with E-state index in [1.807, 2.05) is 13.0 Å². The van der Waals surface area contributed by atoms with E-state index in [1.165, 1.54) is 17.4 Å². The molecule has 4 aromatic rings. The number of sulfonamides is 1. The normalized spacial score (nSPS) is 22.1. The molecule has 6 rings (SSSR count). The van der Waals surface area contributed by atoms with Gasteiger partial charge in [0.25, 0.3) is 5.91 Å². The zero-order chi connectivity index (χ0) is 25.9. The number of nitrogens with two attached hydrogens (primary N) is 1. The summed E-state index contributed by atoms with van der Waals surface area (Å²) in [6, 6.07) is 18.9. The number of nitrogens with zero attached hydrogens (tertiary/aromatic N) is 4. The van der Waals surface area contributed by atoms with Crippen molar-refractivity contribution in [3.8, 4) is 5.69 Å². The molecule has 2 aliphatic rings. The molecule has 0 spiro atoms. The number of hydrogen-bond acceptors (Lipinski definition) is 4. The molecule has 3 atom stereocenters. The number of hydrogen-bond donors (Lipinski definition) is 1. The third kappa shape index (κ3) is 4.46. The van der Waals surface area contributed by atoms with Crippen molar-refractivity contribution >= 4 is 26.8 Å². The van der Waals surface area contributed by atoms with Crippen molar-refractivity contribution in [1.82, 2.24) is 18.7 Å². The molecule has 9 heteroatoms. The van der Waals surface area contributed by atoms with Gasteiger partial charge in [0.2, 0.25) is 10.0 Å². The number of benzene rings is 2. The fourth-order valence-electron chi connectivity index (χ4n) is 6.21. The lowest BCUT2D eigenvalue weighted by Crippen LogP contribution is -2.28. The Morgan fingerprint density at radius 1 is 1.03 bits per heavy atom. The maximum atomic E-state index is 11.9. The molecule has 0 bridgehead atoms. The third-order valence-electron chi connectivity index (χ3n) is 8.13. The SMILES string of the molecule is Cc1cc(C(N)=O)nn1-c1ccc2c(ccn2Cc2ccc([C@@H]3C[C@@H]4CN(S(C)(=O)=O)C[C@@H]4C3)cc2)c1. The molecule has 2 aromatic carbocycles. The Morgan fingerprint density at radius 3 is 2.35 bits per heavy atom. The second-order valence-corrected chi connectivity index (χ2v) is 12.6. The monoisotopic (exact) mass is 517 g/mol. The lowest BCUT2D eigenvalue weighted by Gasteiger charge is -2.17. The molecule has 2 fully saturated rings. The molecule has 1 amide bonds. The van der Waals surface area contributed by atoms with Gasteiger partial charge in [0.15, 0.2) is 5.69 Å². The molecule has 2 N–H and O–H groups in total. The predicted molar refractivity (Wildman–Crippen MR) is 143 cm³/mol. The van der Waals surface area contributed by atoms with Gasteiger partial charge in [0.1, 0.15) is 0 Å². The third-order valence-corrected chi connectivity index (χ3v) is 9.37. The summed E-state index contributed by atoms with van der Waals surface area (Å²) in [6.45, 7) is 4.02. The standard InChI is InChI=1S/C28H31N5O3S/c1-18-11-26(28(29)34)30-33(18)25-7-8-27-21(14-25)9-10-31(27)15-19-3-5-20(6-4-19)22-12-23-16-32(37(2,35)36)17-24(23)13-22/h3-11,14,22-24H,12-13,15-17H2,1-2H3,(H2,29,34)/t22-,23-,24+. The van der Waals surface area contributed by atoms with E-state index < -0.39 is 15.9 Å². The minimum absolute atomic E-state index is 0.260. The maximum absolute atomic E-state index is 11.9. The predicted octanol–water partition coefficient (Wildman–Crippen LogP) is 3.67. The first kappa shape index (κ1) is 23.9. The topological polar surface area (TPSA) is 103 Å². The Labute approximate surface area is 216 Å². The van der Waals surface area contributed by atoms with Crippen LogP contribution in [-0.2, 0) is 16.6 Å². The van der Waals surface area contributed by atoms with Gasteiger partial charge in [0, 0.05) is 42.4 Å². The Bertz CT molecular complexity index is 1590. The van der Waals surface area contributed by atoms with Gasteiger partial charge in [0.05, 0.1) is 11.9 Å². The largest absolute Gasteiger partial charge is 0.364 e. The molecule has 0 unspecified atom stereocenters. The summed E-state index contributed by atoms with van der Waals surface area (Å²) in [4.78, 5) is 11.5. The fraction of sp³-hybridized carbons (Fsp3) is 0.357. The lowest BCUT2D eigenvalue weighted by molar-refractivity contribution is 0.0995. The number of aromatic nitrogens is 3. The summed E-state index contributed by atoms with van der Waals surface area (Å²) in [5.41, 5.74) is 11.1. The van der Waals surface area contributed by atoms with Crippen LogP contribution in [0.4, 0.5) is 0 Å². The van der Waals surface area contributed by atoms with Crippen LogP contribution in [0.1, 0.15) is 46.1 Å². The molecule has 1 saturated carbocycles. The highest BCUT2D eigenvalue weighted by atomic mass is 32.2. The van der Waals surface area contributed by atoms with E-state index in [0.29, 0.717) is 30.8 Å². The lowest BCUT2D eigenvalue weighted by atomic mass is 9.95. The van der Waals surface area contributed by atoms with Crippen molar-refractivity contribution < 1.29 is 13.2 Å². The van der Waals surface area contributed by atoms with Crippen molar-refractivity contribution in [3.63, 3.8) is 0 Å². The van der Waals surface area contributed by atoms with Crippen LogP contribution in [0.5, 0.6) is 0 Å². The van der Waals surface area contributed by atoms with E-state index in [0.717, 1.165) is 41.7 Å². The second-order valence-electron chi connectivity index (χ2n) is 10.6. The highest BCUT2D eigenvalue weighted by Gasteiger charge is 2.43. The summed E-state index contributed by atoms with van der Waals surface area (Å²) in [5.74, 6) is 0.929. The highest BCUT2D eigenvalue weighted by molar-refractivity contribution is 7.88. The number of primary amides is 1. The quantitative estimate of drug-likeness (QED) is 0.421. The Kier molecular flexibility index (Phi) is 5.72. The zero-order valence-corrected chi connectivity index (χ0v) is 21.9. The molecule has 2 aromatic heterocycles. The van der Waals surface area contributed by atoms with Crippen LogP contribution in [0.15, 0.2) is 60.8 Å². The molecule has 1 aliphatic heterocycles. The van der Waals surface area contributed by atoms with E-state index >= 15 is 0 Å². The van der Waals surface area contributed by atoms with Gasteiger partial charge in [-0.1, -0.05) is 24.3 Å². The van der Waals surface area contributed by atoms with Gasteiger partial charge in [-0.2, -0.15) is 5.10 Å². The van der Waals surface area contributed by atoms with E-state index in [2.05, 4.69) is 58.3 Å². The van der Waals surface area contributed by atoms with Gasteiger partial charge in [-0.15, -0.1) is 0 Å². The van der Waals surface area contributed by atoms with Crippen molar-refractivity contribution in [1.29, 1.82) is 0 Å². The summed E-state index contributed by atoms with van der Waals surface area (Å²) in [7, 11) is -3.08.